The molecule has 1 aliphatic carbocycles. The molecule has 2 aliphatic rings. The Balaban J connectivity index is 1.79. The van der Waals surface area contributed by atoms with Gasteiger partial charge in [-0.15, -0.1) is 0 Å². The third kappa shape index (κ3) is 3.67. The van der Waals surface area contributed by atoms with Gasteiger partial charge in [0.15, 0.2) is 0 Å². The Labute approximate surface area is 109 Å². The van der Waals surface area contributed by atoms with Gasteiger partial charge in [-0.3, -0.25) is 10.2 Å². The fourth-order valence-electron chi connectivity index (χ4n) is 2.87. The molecular formula is C13H25N3O2. The molecule has 3 N–H and O–H groups in total. The van der Waals surface area contributed by atoms with Crippen LogP contribution < -0.4 is 11.2 Å². The van der Waals surface area contributed by atoms with Crippen LogP contribution in [-0.4, -0.2) is 43.3 Å². The lowest BCUT2D eigenvalue weighted by atomic mass is 9.78. The fourth-order valence-corrected chi connectivity index (χ4v) is 2.87. The SMILES string of the molecule is CC(C(=O)NN1CCOCC1)C1CCCC(N)C1. The van der Waals surface area contributed by atoms with Crippen molar-refractivity contribution < 1.29 is 9.53 Å². The first-order valence-corrected chi connectivity index (χ1v) is 7.05. The van der Waals surface area contributed by atoms with Gasteiger partial charge in [-0.1, -0.05) is 13.3 Å². The number of nitrogens with one attached hydrogen (secondary N) is 1. The first-order chi connectivity index (χ1) is 8.66. The van der Waals surface area contributed by atoms with Gasteiger partial charge in [0, 0.05) is 25.0 Å². The summed E-state index contributed by atoms with van der Waals surface area (Å²) in [6.45, 7) is 4.98. The Bertz CT molecular complexity index is 279. The molecule has 1 amide bonds. The number of hydrogen-bond acceptors (Lipinski definition) is 4. The minimum Gasteiger partial charge on any atom is -0.379 e. The van der Waals surface area contributed by atoms with E-state index in [9.17, 15) is 4.79 Å². The van der Waals surface area contributed by atoms with Crippen LogP contribution in [0.2, 0.25) is 0 Å². The molecule has 3 atom stereocenters. The van der Waals surface area contributed by atoms with E-state index in [4.69, 9.17) is 10.5 Å². The van der Waals surface area contributed by atoms with Gasteiger partial charge in [0.05, 0.1) is 13.2 Å². The van der Waals surface area contributed by atoms with E-state index in [1.807, 2.05) is 11.9 Å². The van der Waals surface area contributed by atoms with E-state index >= 15 is 0 Å². The highest BCUT2D eigenvalue weighted by Crippen LogP contribution is 2.29. The van der Waals surface area contributed by atoms with E-state index in [0.717, 1.165) is 38.8 Å². The Morgan fingerprint density at radius 3 is 2.78 bits per heavy atom. The van der Waals surface area contributed by atoms with Crippen molar-refractivity contribution in [3.8, 4) is 0 Å². The maximum absolute atomic E-state index is 12.2. The number of amides is 1. The standard InChI is InChI=1S/C13H25N3O2/c1-10(11-3-2-4-12(14)9-11)13(17)15-16-5-7-18-8-6-16/h10-12H,2-9,14H2,1H3,(H,15,17). The number of rotatable bonds is 3. The largest absolute Gasteiger partial charge is 0.379 e. The van der Waals surface area contributed by atoms with Crippen molar-refractivity contribution >= 4 is 5.91 Å². The summed E-state index contributed by atoms with van der Waals surface area (Å²) in [5.41, 5.74) is 8.99. The van der Waals surface area contributed by atoms with Crippen LogP contribution in [0.5, 0.6) is 0 Å². The van der Waals surface area contributed by atoms with Gasteiger partial charge in [0.2, 0.25) is 5.91 Å². The number of carbonyl (C=O) groups excluding carboxylic acids is 1. The number of nitrogens with two attached hydrogens (primary N) is 1. The van der Waals surface area contributed by atoms with E-state index in [0.29, 0.717) is 19.1 Å². The zero-order chi connectivity index (χ0) is 13.0. The fraction of sp³-hybridized carbons (Fsp3) is 0.923. The molecule has 1 aliphatic heterocycles. The molecule has 3 unspecified atom stereocenters. The number of hydrazine groups is 1. The average Bonchev–Trinajstić information content (AvgIpc) is 2.39. The molecule has 0 bridgehead atoms. The van der Waals surface area contributed by atoms with Crippen LogP contribution in [0.4, 0.5) is 0 Å². The summed E-state index contributed by atoms with van der Waals surface area (Å²) in [5.74, 6) is 0.630. The van der Waals surface area contributed by atoms with Crippen LogP contribution in [0.15, 0.2) is 0 Å². The summed E-state index contributed by atoms with van der Waals surface area (Å²) in [5, 5.41) is 1.96. The molecule has 0 aromatic rings. The zero-order valence-corrected chi connectivity index (χ0v) is 11.2. The third-order valence-electron chi connectivity index (χ3n) is 4.16. The monoisotopic (exact) mass is 255 g/mol. The Morgan fingerprint density at radius 2 is 2.11 bits per heavy atom. The summed E-state index contributed by atoms with van der Waals surface area (Å²) >= 11 is 0. The van der Waals surface area contributed by atoms with Gasteiger partial charge >= 0.3 is 0 Å². The smallest absolute Gasteiger partial charge is 0.237 e. The van der Waals surface area contributed by atoms with Crippen LogP contribution in [0.25, 0.3) is 0 Å². The molecular weight excluding hydrogens is 230 g/mol. The molecule has 0 aromatic heterocycles. The second kappa shape index (κ2) is 6.50. The molecule has 5 nitrogen and oxygen atoms in total. The van der Waals surface area contributed by atoms with Gasteiger partial charge in [-0.25, -0.2) is 5.01 Å². The number of ether oxygens (including phenoxy) is 1. The summed E-state index contributed by atoms with van der Waals surface area (Å²) in [4.78, 5) is 12.2. The van der Waals surface area contributed by atoms with Crippen molar-refractivity contribution in [1.82, 2.24) is 10.4 Å². The van der Waals surface area contributed by atoms with Crippen molar-refractivity contribution in [2.45, 2.75) is 38.6 Å². The van der Waals surface area contributed by atoms with Gasteiger partial charge in [-0.05, 0) is 25.2 Å². The van der Waals surface area contributed by atoms with Gasteiger partial charge < -0.3 is 10.5 Å². The summed E-state index contributed by atoms with van der Waals surface area (Å²) in [7, 11) is 0. The Hall–Kier alpha value is -0.650. The second-order valence-electron chi connectivity index (χ2n) is 5.55. The molecule has 0 spiro atoms. The van der Waals surface area contributed by atoms with Crippen LogP contribution in [0, 0.1) is 11.8 Å². The van der Waals surface area contributed by atoms with E-state index < -0.39 is 0 Å². The van der Waals surface area contributed by atoms with Crippen LogP contribution in [0.3, 0.4) is 0 Å². The molecule has 104 valence electrons. The highest BCUT2D eigenvalue weighted by Gasteiger charge is 2.29. The lowest BCUT2D eigenvalue weighted by Gasteiger charge is -2.33. The van der Waals surface area contributed by atoms with E-state index in [2.05, 4.69) is 5.43 Å². The van der Waals surface area contributed by atoms with Gasteiger partial charge in [0.1, 0.15) is 0 Å². The lowest BCUT2D eigenvalue weighted by Crippen LogP contribution is -2.51. The zero-order valence-electron chi connectivity index (χ0n) is 11.2. The Kier molecular flexibility index (Phi) is 4.97. The van der Waals surface area contributed by atoms with Crippen molar-refractivity contribution in [3.63, 3.8) is 0 Å². The van der Waals surface area contributed by atoms with Crippen molar-refractivity contribution in [1.29, 1.82) is 0 Å². The number of carbonyl (C=O) groups is 1. The molecule has 2 rings (SSSR count). The second-order valence-corrected chi connectivity index (χ2v) is 5.55. The summed E-state index contributed by atoms with van der Waals surface area (Å²) in [6, 6.07) is 0.280. The van der Waals surface area contributed by atoms with E-state index in [-0.39, 0.29) is 17.9 Å². The third-order valence-corrected chi connectivity index (χ3v) is 4.16. The van der Waals surface area contributed by atoms with Crippen LogP contribution in [-0.2, 0) is 9.53 Å². The maximum Gasteiger partial charge on any atom is 0.237 e. The predicted molar refractivity (Wildman–Crippen MR) is 69.6 cm³/mol. The van der Waals surface area contributed by atoms with Crippen molar-refractivity contribution in [2.75, 3.05) is 26.3 Å². The highest BCUT2D eigenvalue weighted by atomic mass is 16.5. The molecule has 1 heterocycles. The Morgan fingerprint density at radius 1 is 1.39 bits per heavy atom. The van der Waals surface area contributed by atoms with Crippen LogP contribution >= 0.6 is 0 Å². The van der Waals surface area contributed by atoms with Crippen LogP contribution in [0.1, 0.15) is 32.6 Å². The minimum atomic E-state index is 0.0548. The maximum atomic E-state index is 12.2. The molecule has 0 aromatic carbocycles. The first-order valence-electron chi connectivity index (χ1n) is 7.05. The van der Waals surface area contributed by atoms with E-state index in [1.54, 1.807) is 0 Å². The molecule has 18 heavy (non-hydrogen) atoms. The summed E-state index contributed by atoms with van der Waals surface area (Å²) in [6.07, 6.45) is 4.37. The lowest BCUT2D eigenvalue weighted by molar-refractivity contribution is -0.133. The van der Waals surface area contributed by atoms with Gasteiger partial charge in [-0.2, -0.15) is 0 Å². The number of hydrogen-bond donors (Lipinski definition) is 2. The molecule has 0 radical (unpaired) electrons. The average molecular weight is 255 g/mol. The first kappa shape index (κ1) is 13.8. The number of nitrogens with zero attached hydrogens (tertiary/aromatic N) is 1. The van der Waals surface area contributed by atoms with E-state index in [1.165, 1.54) is 0 Å². The molecule has 1 saturated heterocycles. The topological polar surface area (TPSA) is 67.6 Å². The van der Waals surface area contributed by atoms with Crippen molar-refractivity contribution in [3.05, 3.63) is 0 Å². The van der Waals surface area contributed by atoms with Gasteiger partial charge in [0.25, 0.3) is 0 Å². The number of morpholine rings is 1. The van der Waals surface area contributed by atoms with Crippen molar-refractivity contribution in [2.24, 2.45) is 17.6 Å². The highest BCUT2D eigenvalue weighted by molar-refractivity contribution is 5.78. The predicted octanol–water partition coefficient (Wildman–Crippen LogP) is 0.503. The quantitative estimate of drug-likeness (QED) is 0.771. The summed E-state index contributed by atoms with van der Waals surface area (Å²) < 4.78 is 5.26. The molecule has 5 heteroatoms. The molecule has 1 saturated carbocycles. The minimum absolute atomic E-state index is 0.0548. The molecule has 2 fully saturated rings. The normalized spacial score (nSPS) is 31.9.